The molecule has 1 aromatic heterocycles. The van der Waals surface area contributed by atoms with Crippen molar-refractivity contribution < 1.29 is 13.7 Å². The molecule has 0 bridgehead atoms. The average molecular weight is 358 g/mol. The summed E-state index contributed by atoms with van der Waals surface area (Å²) in [6, 6.07) is 2.95. The molecule has 0 aliphatic carbocycles. The van der Waals surface area contributed by atoms with E-state index in [1.165, 1.54) is 49.7 Å². The molecule has 1 aromatic carbocycles. The number of methoxy groups -OCH3 is 1. The number of nitrogens with one attached hydrogen (secondary N) is 1. The molecule has 0 saturated carbocycles. The summed E-state index contributed by atoms with van der Waals surface area (Å²) in [5.41, 5.74) is -0.289. The van der Waals surface area contributed by atoms with Gasteiger partial charge >= 0.3 is 0 Å². The molecule has 1 heterocycles. The number of carbonyl (C=O) groups excluding carboxylic acids is 1. The van der Waals surface area contributed by atoms with Crippen LogP contribution in [0.15, 0.2) is 27.5 Å². The molecule has 9 heteroatoms. The highest BCUT2D eigenvalue weighted by Gasteiger charge is 2.22. The first-order valence-corrected chi connectivity index (χ1v) is 9.19. The highest BCUT2D eigenvalue weighted by atomic mass is 35.5. The van der Waals surface area contributed by atoms with E-state index >= 15 is 0 Å². The van der Waals surface area contributed by atoms with Crippen molar-refractivity contribution in [2.24, 2.45) is 11.4 Å². The summed E-state index contributed by atoms with van der Waals surface area (Å²) in [7, 11) is 0.401. The molecule has 0 amide bonds. The first-order chi connectivity index (χ1) is 10.7. The van der Waals surface area contributed by atoms with Crippen LogP contribution >= 0.6 is 11.6 Å². The zero-order chi connectivity index (χ0) is 17.4. The van der Waals surface area contributed by atoms with Crippen LogP contribution in [-0.2, 0) is 16.8 Å². The van der Waals surface area contributed by atoms with E-state index in [4.69, 9.17) is 16.3 Å². The molecule has 7 nitrogen and oxygen atoms in total. The number of ether oxygens (including phenoxy) is 1. The van der Waals surface area contributed by atoms with Gasteiger partial charge in [0, 0.05) is 41.0 Å². The molecule has 1 N–H and O–H groups in total. The molecule has 0 atom stereocenters. The summed E-state index contributed by atoms with van der Waals surface area (Å²) in [5, 5.41) is 2.62. The van der Waals surface area contributed by atoms with Crippen molar-refractivity contribution in [2.45, 2.75) is 0 Å². The predicted molar refractivity (Wildman–Crippen MR) is 89.5 cm³/mol. The lowest BCUT2D eigenvalue weighted by Crippen LogP contribution is -2.19. The summed E-state index contributed by atoms with van der Waals surface area (Å²) in [6.45, 7) is 0. The van der Waals surface area contributed by atoms with Gasteiger partial charge in [0.15, 0.2) is 0 Å². The molecule has 0 unspecified atom stereocenters. The third-order valence-corrected chi connectivity index (χ3v) is 4.04. The van der Waals surface area contributed by atoms with Crippen LogP contribution in [0.5, 0.6) is 5.75 Å². The van der Waals surface area contributed by atoms with Gasteiger partial charge in [-0.05, 0) is 12.1 Å². The molecular weight excluding hydrogens is 342 g/mol. The largest absolute Gasteiger partial charge is 0.494 e. The fraction of sp³-hybridized carbons (Fsp3) is 0.286. The van der Waals surface area contributed by atoms with E-state index in [0.29, 0.717) is 5.75 Å². The molecule has 0 aliphatic heterocycles. The molecule has 124 valence electrons. The molecule has 2 aromatic rings. The number of benzene rings is 1. The Kier molecular flexibility index (Phi) is 4.67. The second kappa shape index (κ2) is 6.21. The number of ketones is 1. The number of hydrogen-bond acceptors (Lipinski definition) is 5. The van der Waals surface area contributed by atoms with Gasteiger partial charge in [-0.15, -0.1) is 0 Å². The minimum atomic E-state index is -2.52. The molecule has 0 saturated heterocycles. The quantitative estimate of drug-likeness (QED) is 0.846. The Labute approximate surface area is 138 Å². The highest BCUT2D eigenvalue weighted by molar-refractivity contribution is 7.92. The van der Waals surface area contributed by atoms with Crippen LogP contribution in [0, 0.1) is 0 Å². The van der Waals surface area contributed by atoms with Crippen LogP contribution in [0.25, 0.3) is 0 Å². The van der Waals surface area contributed by atoms with Gasteiger partial charge in [0.1, 0.15) is 17.0 Å². The van der Waals surface area contributed by atoms with E-state index in [-0.39, 0.29) is 21.8 Å². The lowest BCUT2D eigenvalue weighted by molar-refractivity contribution is 0.103. The highest BCUT2D eigenvalue weighted by Crippen LogP contribution is 2.39. The standard InChI is InChI=1S/C14H16ClN3O4S/c1-18-14(20)9(7-16-18)13(19)8-5-6-10(22-2)12(11(8)15)17-23(3,4)21/h5-7,16H,1-4H3. The number of hydrogen-bond donors (Lipinski definition) is 1. The fourth-order valence-electron chi connectivity index (χ4n) is 1.96. The Balaban J connectivity index is 2.68. The van der Waals surface area contributed by atoms with Crippen molar-refractivity contribution in [3.8, 4) is 5.75 Å². The number of nitrogens with zero attached hydrogens (tertiary/aromatic N) is 2. The van der Waals surface area contributed by atoms with E-state index in [0.717, 1.165) is 0 Å². The predicted octanol–water partition coefficient (Wildman–Crippen LogP) is 1.97. The normalized spacial score (nSPS) is 11.3. The van der Waals surface area contributed by atoms with Crippen molar-refractivity contribution in [1.29, 1.82) is 0 Å². The number of carbonyl (C=O) groups is 1. The van der Waals surface area contributed by atoms with Crippen LogP contribution in [0.4, 0.5) is 5.69 Å². The first-order valence-electron chi connectivity index (χ1n) is 6.48. The smallest absolute Gasteiger partial charge is 0.277 e. The van der Waals surface area contributed by atoms with E-state index in [1.54, 1.807) is 0 Å². The number of halogens is 1. The topological polar surface area (TPSA) is 93.5 Å². The Morgan fingerprint density at radius 3 is 2.48 bits per heavy atom. The molecule has 2 rings (SSSR count). The molecule has 0 spiro atoms. The number of aromatic amines is 1. The van der Waals surface area contributed by atoms with Crippen molar-refractivity contribution >= 4 is 32.8 Å². The number of aromatic nitrogens is 2. The van der Waals surface area contributed by atoms with Gasteiger partial charge in [-0.3, -0.25) is 14.3 Å². The molecule has 0 fully saturated rings. The third kappa shape index (κ3) is 3.48. The number of aryl methyl sites for hydroxylation is 1. The summed E-state index contributed by atoms with van der Waals surface area (Å²) in [4.78, 5) is 24.5. The van der Waals surface area contributed by atoms with Crippen LogP contribution in [0.3, 0.4) is 0 Å². The maximum Gasteiger partial charge on any atom is 0.277 e. The molecule has 0 aliphatic rings. The monoisotopic (exact) mass is 357 g/mol. The summed E-state index contributed by atoms with van der Waals surface area (Å²) < 4.78 is 22.3. The van der Waals surface area contributed by atoms with Gasteiger partial charge in [0.05, 0.1) is 12.1 Å². The molecule has 23 heavy (non-hydrogen) atoms. The second-order valence-electron chi connectivity index (χ2n) is 5.13. The third-order valence-electron chi connectivity index (χ3n) is 3.04. The van der Waals surface area contributed by atoms with E-state index in [1.807, 2.05) is 0 Å². The second-order valence-corrected chi connectivity index (χ2v) is 8.05. The van der Waals surface area contributed by atoms with Crippen molar-refractivity contribution in [3.63, 3.8) is 0 Å². The van der Waals surface area contributed by atoms with Crippen molar-refractivity contribution in [2.75, 3.05) is 19.6 Å². The lowest BCUT2D eigenvalue weighted by atomic mass is 10.1. The van der Waals surface area contributed by atoms with Crippen molar-refractivity contribution in [3.05, 3.63) is 44.8 Å². The molecular formula is C14H16ClN3O4S. The van der Waals surface area contributed by atoms with E-state index in [9.17, 15) is 13.8 Å². The number of rotatable bonds is 4. The van der Waals surface area contributed by atoms with Gasteiger partial charge in [-0.1, -0.05) is 11.6 Å². The lowest BCUT2D eigenvalue weighted by Gasteiger charge is -2.10. The van der Waals surface area contributed by atoms with E-state index < -0.39 is 21.1 Å². The summed E-state index contributed by atoms with van der Waals surface area (Å²) in [6.07, 6.45) is 4.20. The Morgan fingerprint density at radius 1 is 1.35 bits per heavy atom. The minimum absolute atomic E-state index is 0.00553. The van der Waals surface area contributed by atoms with E-state index in [2.05, 4.69) is 9.46 Å². The SMILES string of the molecule is COc1ccc(C(=O)c2c[nH]n(C)c2=O)c(Cl)c1N=S(C)(C)=O. The van der Waals surface area contributed by atoms with Crippen LogP contribution in [-0.4, -0.2) is 39.4 Å². The zero-order valence-corrected chi connectivity index (χ0v) is 14.6. The van der Waals surface area contributed by atoms with Gasteiger partial charge in [-0.2, -0.15) is 4.36 Å². The Morgan fingerprint density at radius 2 is 2.00 bits per heavy atom. The maximum atomic E-state index is 12.5. The van der Waals surface area contributed by atoms with Gasteiger partial charge in [-0.25, -0.2) is 4.21 Å². The molecule has 0 radical (unpaired) electrons. The summed E-state index contributed by atoms with van der Waals surface area (Å²) in [5.74, 6) is -0.250. The average Bonchev–Trinajstić information content (AvgIpc) is 2.79. The first kappa shape index (κ1) is 17.3. The minimum Gasteiger partial charge on any atom is -0.494 e. The van der Waals surface area contributed by atoms with Gasteiger partial charge in [0.2, 0.25) is 5.78 Å². The summed E-state index contributed by atoms with van der Waals surface area (Å²) >= 11 is 6.26. The van der Waals surface area contributed by atoms with Crippen LogP contribution in [0.1, 0.15) is 15.9 Å². The number of H-pyrrole nitrogens is 1. The maximum absolute atomic E-state index is 12.5. The fourth-order valence-corrected chi connectivity index (χ4v) is 2.92. The Hall–Kier alpha value is -2.06. The van der Waals surface area contributed by atoms with Gasteiger partial charge in [0.25, 0.3) is 5.56 Å². The van der Waals surface area contributed by atoms with Crippen LogP contribution < -0.4 is 10.3 Å². The van der Waals surface area contributed by atoms with Crippen LogP contribution in [0.2, 0.25) is 5.02 Å². The van der Waals surface area contributed by atoms with Crippen molar-refractivity contribution in [1.82, 2.24) is 9.78 Å². The Bertz CT molecular complexity index is 943. The van der Waals surface area contributed by atoms with Gasteiger partial charge < -0.3 is 9.84 Å². The zero-order valence-electron chi connectivity index (χ0n) is 13.0.